The first-order chi connectivity index (χ1) is 7.74. The molecule has 0 heterocycles. The molecule has 2 heteroatoms. The maximum Gasteiger partial charge on any atom is 0.0431 e. The number of rotatable bonds is 11. The lowest BCUT2D eigenvalue weighted by atomic mass is 9.72. The van der Waals surface area contributed by atoms with Gasteiger partial charge in [0.25, 0.3) is 0 Å². The zero-order chi connectivity index (χ0) is 12.3. The molecule has 0 amide bonds. The van der Waals surface area contributed by atoms with Crippen molar-refractivity contribution < 1.29 is 10.2 Å². The smallest absolute Gasteiger partial charge is 0.0431 e. The Hall–Kier alpha value is -0.0800. The SMILES string of the molecule is CCCC(CCC)(CCCO)CCCCO. The average Bonchev–Trinajstić information content (AvgIpc) is 2.27. The van der Waals surface area contributed by atoms with E-state index >= 15 is 0 Å². The molecule has 0 spiro atoms. The third-order valence-electron chi connectivity index (χ3n) is 3.54. The minimum Gasteiger partial charge on any atom is -0.396 e. The summed E-state index contributed by atoms with van der Waals surface area (Å²) >= 11 is 0. The van der Waals surface area contributed by atoms with Crippen LogP contribution in [0.15, 0.2) is 0 Å². The Morgan fingerprint density at radius 3 is 1.62 bits per heavy atom. The lowest BCUT2D eigenvalue weighted by Crippen LogP contribution is -2.21. The van der Waals surface area contributed by atoms with Crippen LogP contribution in [0.1, 0.15) is 71.6 Å². The van der Waals surface area contributed by atoms with Gasteiger partial charge in [-0.05, 0) is 43.9 Å². The molecule has 0 unspecified atom stereocenters. The molecule has 98 valence electrons. The minimum atomic E-state index is 0.314. The van der Waals surface area contributed by atoms with Gasteiger partial charge in [-0.1, -0.05) is 33.1 Å². The fourth-order valence-corrected chi connectivity index (χ4v) is 2.88. The third-order valence-corrected chi connectivity index (χ3v) is 3.54. The van der Waals surface area contributed by atoms with Crippen molar-refractivity contribution in [1.82, 2.24) is 0 Å². The second kappa shape index (κ2) is 10.1. The van der Waals surface area contributed by atoms with E-state index in [1.54, 1.807) is 0 Å². The van der Waals surface area contributed by atoms with Crippen LogP contribution in [0.3, 0.4) is 0 Å². The van der Waals surface area contributed by atoms with Crippen molar-refractivity contribution >= 4 is 0 Å². The van der Waals surface area contributed by atoms with Gasteiger partial charge in [-0.3, -0.25) is 0 Å². The molecule has 0 bridgehead atoms. The highest BCUT2D eigenvalue weighted by molar-refractivity contribution is 4.78. The number of hydrogen-bond donors (Lipinski definition) is 2. The molecule has 0 atom stereocenters. The molecule has 0 rings (SSSR count). The average molecular weight is 230 g/mol. The monoisotopic (exact) mass is 230 g/mol. The highest BCUT2D eigenvalue weighted by Gasteiger charge is 2.26. The predicted molar refractivity (Wildman–Crippen MR) is 69.5 cm³/mol. The summed E-state index contributed by atoms with van der Waals surface area (Å²) in [5.41, 5.74) is 0.432. The van der Waals surface area contributed by atoms with Crippen molar-refractivity contribution in [1.29, 1.82) is 0 Å². The maximum absolute atomic E-state index is 9.00. The lowest BCUT2D eigenvalue weighted by molar-refractivity contribution is 0.158. The molecule has 0 aromatic rings. The summed E-state index contributed by atoms with van der Waals surface area (Å²) in [6.45, 7) is 5.12. The highest BCUT2D eigenvalue weighted by atomic mass is 16.3. The van der Waals surface area contributed by atoms with Crippen LogP contribution in [0.25, 0.3) is 0 Å². The summed E-state index contributed by atoms with van der Waals surface area (Å²) in [5.74, 6) is 0. The molecule has 0 aromatic carbocycles. The van der Waals surface area contributed by atoms with Gasteiger partial charge in [-0.15, -0.1) is 0 Å². The van der Waals surface area contributed by atoms with Crippen LogP contribution in [0.2, 0.25) is 0 Å². The molecule has 0 aliphatic heterocycles. The Labute approximate surface area is 101 Å². The van der Waals surface area contributed by atoms with Crippen molar-refractivity contribution in [3.63, 3.8) is 0 Å². The molecule has 0 radical (unpaired) electrons. The summed E-state index contributed by atoms with van der Waals surface area (Å²) in [6.07, 6.45) is 10.3. The van der Waals surface area contributed by atoms with Gasteiger partial charge in [0.05, 0.1) is 0 Å². The van der Waals surface area contributed by atoms with E-state index < -0.39 is 0 Å². The van der Waals surface area contributed by atoms with Gasteiger partial charge in [0, 0.05) is 13.2 Å². The van der Waals surface area contributed by atoms with Crippen molar-refractivity contribution in [2.45, 2.75) is 71.6 Å². The Balaban J connectivity index is 4.24. The lowest BCUT2D eigenvalue weighted by Gasteiger charge is -2.34. The predicted octanol–water partition coefficient (Wildman–Crippen LogP) is 3.51. The highest BCUT2D eigenvalue weighted by Crippen LogP contribution is 2.39. The van der Waals surface area contributed by atoms with Crippen LogP contribution in [0.4, 0.5) is 0 Å². The van der Waals surface area contributed by atoms with Crippen molar-refractivity contribution in [2.24, 2.45) is 5.41 Å². The van der Waals surface area contributed by atoms with E-state index in [0.717, 1.165) is 25.7 Å². The zero-order valence-corrected chi connectivity index (χ0v) is 11.2. The summed E-state index contributed by atoms with van der Waals surface area (Å²) < 4.78 is 0. The van der Waals surface area contributed by atoms with Crippen LogP contribution >= 0.6 is 0 Å². The van der Waals surface area contributed by atoms with E-state index in [2.05, 4.69) is 13.8 Å². The standard InChI is InChI=1S/C14H30O2/c1-3-8-14(9-4-2,11-7-13-16)10-5-6-12-15/h15-16H,3-13H2,1-2H3. The zero-order valence-electron chi connectivity index (χ0n) is 11.2. The third kappa shape index (κ3) is 6.49. The van der Waals surface area contributed by atoms with Gasteiger partial charge in [-0.25, -0.2) is 0 Å². The first-order valence-corrected chi connectivity index (χ1v) is 6.96. The van der Waals surface area contributed by atoms with Crippen LogP contribution in [0, 0.1) is 5.41 Å². The Morgan fingerprint density at radius 2 is 1.19 bits per heavy atom. The quantitative estimate of drug-likeness (QED) is 0.533. The van der Waals surface area contributed by atoms with Gasteiger partial charge < -0.3 is 10.2 Å². The van der Waals surface area contributed by atoms with Crippen molar-refractivity contribution in [2.75, 3.05) is 13.2 Å². The van der Waals surface area contributed by atoms with E-state index in [1.807, 2.05) is 0 Å². The Bertz CT molecular complexity index is 140. The molecule has 0 fully saturated rings. The van der Waals surface area contributed by atoms with E-state index in [-0.39, 0.29) is 0 Å². The number of aliphatic hydroxyl groups is 2. The molecule has 16 heavy (non-hydrogen) atoms. The van der Waals surface area contributed by atoms with Crippen LogP contribution < -0.4 is 0 Å². The summed E-state index contributed by atoms with van der Waals surface area (Å²) in [4.78, 5) is 0. The van der Waals surface area contributed by atoms with E-state index in [0.29, 0.717) is 18.6 Å². The van der Waals surface area contributed by atoms with Gasteiger partial charge in [0.2, 0.25) is 0 Å². The molecular formula is C14H30O2. The number of aliphatic hydroxyl groups excluding tert-OH is 2. The summed E-state index contributed by atoms with van der Waals surface area (Å²) in [6, 6.07) is 0. The van der Waals surface area contributed by atoms with Gasteiger partial charge in [0.15, 0.2) is 0 Å². The largest absolute Gasteiger partial charge is 0.396 e. The Morgan fingerprint density at radius 1 is 0.688 bits per heavy atom. The van der Waals surface area contributed by atoms with E-state index in [4.69, 9.17) is 10.2 Å². The van der Waals surface area contributed by atoms with E-state index in [9.17, 15) is 0 Å². The maximum atomic E-state index is 9.00. The second-order valence-corrected chi connectivity index (χ2v) is 5.01. The van der Waals surface area contributed by atoms with Crippen LogP contribution in [-0.4, -0.2) is 23.4 Å². The van der Waals surface area contributed by atoms with Crippen molar-refractivity contribution in [3.05, 3.63) is 0 Å². The van der Waals surface area contributed by atoms with Gasteiger partial charge >= 0.3 is 0 Å². The molecule has 2 N–H and O–H groups in total. The summed E-state index contributed by atoms with van der Waals surface area (Å²) in [7, 11) is 0. The minimum absolute atomic E-state index is 0.314. The molecular weight excluding hydrogens is 200 g/mol. The number of unbranched alkanes of at least 4 members (excludes halogenated alkanes) is 1. The van der Waals surface area contributed by atoms with Gasteiger partial charge in [0.1, 0.15) is 0 Å². The van der Waals surface area contributed by atoms with Crippen molar-refractivity contribution in [3.8, 4) is 0 Å². The fourth-order valence-electron chi connectivity index (χ4n) is 2.88. The molecule has 0 aromatic heterocycles. The normalized spacial score (nSPS) is 12.0. The summed E-state index contributed by atoms with van der Waals surface area (Å²) in [5, 5.41) is 17.9. The second-order valence-electron chi connectivity index (χ2n) is 5.01. The van der Waals surface area contributed by atoms with Crippen LogP contribution in [-0.2, 0) is 0 Å². The first kappa shape index (κ1) is 15.9. The van der Waals surface area contributed by atoms with Gasteiger partial charge in [-0.2, -0.15) is 0 Å². The Kier molecular flexibility index (Phi) is 10.0. The molecule has 0 saturated carbocycles. The van der Waals surface area contributed by atoms with E-state index in [1.165, 1.54) is 32.1 Å². The molecule has 0 saturated heterocycles. The van der Waals surface area contributed by atoms with Crippen LogP contribution in [0.5, 0.6) is 0 Å². The fraction of sp³-hybridized carbons (Fsp3) is 1.00. The number of hydrogen-bond acceptors (Lipinski definition) is 2. The topological polar surface area (TPSA) is 40.5 Å². The molecule has 0 aliphatic rings. The molecule has 2 nitrogen and oxygen atoms in total. The first-order valence-electron chi connectivity index (χ1n) is 6.96. The molecule has 0 aliphatic carbocycles.